The van der Waals surface area contributed by atoms with Crippen molar-refractivity contribution in [3.8, 4) is 10.4 Å². The molecule has 0 radical (unpaired) electrons. The van der Waals surface area contributed by atoms with Crippen LogP contribution in [-0.2, 0) is 16.1 Å². The summed E-state index contributed by atoms with van der Waals surface area (Å²) in [5.74, 6) is -1.11. The number of urea groups is 1. The molecule has 1 spiro atoms. The normalized spacial score (nSPS) is 17.5. The van der Waals surface area contributed by atoms with E-state index in [1.807, 2.05) is 18.2 Å². The predicted molar refractivity (Wildman–Crippen MR) is 124 cm³/mol. The van der Waals surface area contributed by atoms with Crippen LogP contribution >= 0.6 is 22.9 Å². The van der Waals surface area contributed by atoms with Gasteiger partial charge < -0.3 is 5.32 Å². The van der Waals surface area contributed by atoms with Crippen molar-refractivity contribution in [3.63, 3.8) is 0 Å². The fraction of sp³-hybridized carbons (Fsp3) is 0.318. The van der Waals surface area contributed by atoms with Gasteiger partial charge in [-0.15, -0.1) is 11.3 Å². The number of nitrogens with zero attached hydrogens (tertiary/aromatic N) is 3. The van der Waals surface area contributed by atoms with Crippen molar-refractivity contribution >= 4 is 51.0 Å². The number of hydrazine groups is 1. The van der Waals surface area contributed by atoms with Crippen LogP contribution < -0.4 is 16.3 Å². The topological polar surface area (TPSA) is 113 Å². The Hall–Kier alpha value is -3.24. The molecule has 0 bridgehead atoms. The molecule has 0 atom stereocenters. The van der Waals surface area contributed by atoms with Crippen molar-refractivity contribution in [2.75, 3.05) is 0 Å². The number of nitrogens with one attached hydrogen (secondary N) is 2. The number of rotatable bonds is 4. The lowest BCUT2D eigenvalue weighted by atomic mass is 9.82. The van der Waals surface area contributed by atoms with Crippen LogP contribution in [-0.4, -0.2) is 37.9 Å². The maximum atomic E-state index is 12.9. The summed E-state index contributed by atoms with van der Waals surface area (Å²) in [4.78, 5) is 55.8. The molecule has 3 heterocycles. The van der Waals surface area contributed by atoms with Crippen LogP contribution in [0.25, 0.3) is 20.7 Å². The molecule has 33 heavy (non-hydrogen) atoms. The third kappa shape index (κ3) is 3.89. The molecule has 2 N–H and O–H groups in total. The minimum Gasteiger partial charge on any atom is -0.322 e. The van der Waals surface area contributed by atoms with Crippen molar-refractivity contribution in [1.29, 1.82) is 0 Å². The van der Waals surface area contributed by atoms with Gasteiger partial charge in [0.05, 0.1) is 11.8 Å². The molecule has 2 fully saturated rings. The number of hydrogen-bond acceptors (Lipinski definition) is 6. The number of imide groups is 1. The van der Waals surface area contributed by atoms with E-state index in [4.69, 9.17) is 11.6 Å². The monoisotopic (exact) mass is 485 g/mol. The Bertz CT molecular complexity index is 1330. The van der Waals surface area contributed by atoms with E-state index in [1.54, 1.807) is 12.1 Å². The lowest BCUT2D eigenvalue weighted by Crippen LogP contribution is -2.51. The van der Waals surface area contributed by atoms with Crippen LogP contribution in [0.1, 0.15) is 32.1 Å². The lowest BCUT2D eigenvalue weighted by Gasteiger charge is -2.30. The third-order valence-corrected chi connectivity index (χ3v) is 7.47. The molecule has 170 valence electrons. The van der Waals surface area contributed by atoms with E-state index in [9.17, 15) is 19.2 Å². The molecule has 9 nitrogen and oxygen atoms in total. The van der Waals surface area contributed by atoms with Crippen molar-refractivity contribution in [2.24, 2.45) is 0 Å². The molecule has 5 rings (SSSR count). The number of fused-ring (bicyclic) bond motifs is 1. The molecule has 11 heteroatoms. The highest BCUT2D eigenvalue weighted by Gasteiger charge is 2.52. The molecule has 4 amide bonds. The lowest BCUT2D eigenvalue weighted by molar-refractivity contribution is -0.140. The minimum atomic E-state index is -0.936. The molecule has 2 aliphatic rings. The highest BCUT2D eigenvalue weighted by molar-refractivity contribution is 7.22. The van der Waals surface area contributed by atoms with Gasteiger partial charge in [0.2, 0.25) is 0 Å². The van der Waals surface area contributed by atoms with Crippen molar-refractivity contribution in [2.45, 2.75) is 44.2 Å². The summed E-state index contributed by atoms with van der Waals surface area (Å²) in [5, 5.41) is 4.08. The second-order valence-corrected chi connectivity index (χ2v) is 9.75. The van der Waals surface area contributed by atoms with Gasteiger partial charge in [0.15, 0.2) is 0 Å². The zero-order chi connectivity index (χ0) is 23.2. The van der Waals surface area contributed by atoms with Crippen LogP contribution in [0, 0.1) is 0 Å². The first kappa shape index (κ1) is 21.6. The van der Waals surface area contributed by atoms with E-state index in [1.165, 1.54) is 17.7 Å². The van der Waals surface area contributed by atoms with E-state index >= 15 is 0 Å². The Morgan fingerprint density at radius 2 is 1.88 bits per heavy atom. The Morgan fingerprint density at radius 3 is 2.61 bits per heavy atom. The first-order chi connectivity index (χ1) is 15.9. The van der Waals surface area contributed by atoms with Crippen LogP contribution in [0.15, 0.2) is 41.5 Å². The van der Waals surface area contributed by atoms with Gasteiger partial charge in [-0.3, -0.25) is 24.4 Å². The quantitative estimate of drug-likeness (QED) is 0.551. The summed E-state index contributed by atoms with van der Waals surface area (Å²) in [7, 11) is 0. The molecule has 1 aliphatic carbocycles. The van der Waals surface area contributed by atoms with E-state index in [0.29, 0.717) is 28.1 Å². The Kier molecular flexibility index (Phi) is 5.41. The number of hydrogen-bond donors (Lipinski definition) is 2. The van der Waals surface area contributed by atoms with Gasteiger partial charge in [0.25, 0.3) is 17.4 Å². The number of thiophene rings is 1. The molecular formula is C22H20ClN5O4S. The smallest absolute Gasteiger partial charge is 0.322 e. The van der Waals surface area contributed by atoms with Gasteiger partial charge in [-0.1, -0.05) is 43.0 Å². The zero-order valence-corrected chi connectivity index (χ0v) is 19.0. The number of halogens is 1. The van der Waals surface area contributed by atoms with Crippen molar-refractivity contribution in [3.05, 3.63) is 52.0 Å². The van der Waals surface area contributed by atoms with E-state index in [0.717, 1.165) is 39.3 Å². The van der Waals surface area contributed by atoms with Gasteiger partial charge in [-0.2, -0.15) is 5.01 Å². The van der Waals surface area contributed by atoms with Crippen LogP contribution in [0.4, 0.5) is 4.79 Å². The minimum absolute atomic E-state index is 0.374. The summed E-state index contributed by atoms with van der Waals surface area (Å²) in [6.07, 6.45) is 5.09. The fourth-order valence-electron chi connectivity index (χ4n) is 4.35. The van der Waals surface area contributed by atoms with Crippen LogP contribution in [0.3, 0.4) is 0 Å². The summed E-state index contributed by atoms with van der Waals surface area (Å²) in [6.45, 7) is -0.375. The van der Waals surface area contributed by atoms with E-state index < -0.39 is 23.4 Å². The molecule has 2 aromatic heterocycles. The van der Waals surface area contributed by atoms with Crippen molar-refractivity contribution in [1.82, 2.24) is 25.3 Å². The third-order valence-electron chi connectivity index (χ3n) is 6.05. The molecule has 3 aromatic rings. The molecule has 0 unspecified atom stereocenters. The standard InChI is InChI=1S/C22H20ClN5O4S/c23-14-6-4-13(5-7-14)16-10-15-18(33-16)19(30)27(12-24-15)11-17(29)26-28-20(31)22(25-21(28)32)8-2-1-3-9-22/h4-7,10,12H,1-3,8-9,11H2,(H,25,32)(H,26,29). The number of carbonyl (C=O) groups excluding carboxylic acids is 3. The predicted octanol–water partition coefficient (Wildman–Crippen LogP) is 3.06. The highest BCUT2D eigenvalue weighted by Crippen LogP contribution is 2.33. The van der Waals surface area contributed by atoms with Gasteiger partial charge >= 0.3 is 6.03 Å². The number of carbonyl (C=O) groups is 3. The summed E-state index contributed by atoms with van der Waals surface area (Å²) in [6, 6.07) is 8.41. The molecule has 1 aliphatic heterocycles. The van der Waals surface area contributed by atoms with Crippen LogP contribution in [0.2, 0.25) is 5.02 Å². The molecule has 1 saturated carbocycles. The maximum absolute atomic E-state index is 12.9. The van der Waals surface area contributed by atoms with Gasteiger partial charge in [-0.25, -0.2) is 9.78 Å². The molecule has 1 saturated heterocycles. The largest absolute Gasteiger partial charge is 0.344 e. The van der Waals surface area contributed by atoms with E-state index in [-0.39, 0.29) is 12.1 Å². The number of amides is 4. The average Bonchev–Trinajstić information content (AvgIpc) is 3.33. The Balaban J connectivity index is 1.33. The number of aromatic nitrogens is 2. The highest BCUT2D eigenvalue weighted by atomic mass is 35.5. The molecule has 1 aromatic carbocycles. The van der Waals surface area contributed by atoms with Crippen LogP contribution in [0.5, 0.6) is 0 Å². The van der Waals surface area contributed by atoms with Crippen molar-refractivity contribution < 1.29 is 14.4 Å². The second kappa shape index (κ2) is 8.27. The van der Waals surface area contributed by atoms with Gasteiger partial charge in [-0.05, 0) is 36.6 Å². The zero-order valence-electron chi connectivity index (χ0n) is 17.5. The average molecular weight is 486 g/mol. The molecular weight excluding hydrogens is 466 g/mol. The summed E-state index contributed by atoms with van der Waals surface area (Å²) < 4.78 is 1.57. The first-order valence-corrected chi connectivity index (χ1v) is 11.8. The fourth-order valence-corrected chi connectivity index (χ4v) is 5.54. The Morgan fingerprint density at radius 1 is 1.15 bits per heavy atom. The first-order valence-electron chi connectivity index (χ1n) is 10.6. The van der Waals surface area contributed by atoms with E-state index in [2.05, 4.69) is 15.7 Å². The summed E-state index contributed by atoms with van der Waals surface area (Å²) >= 11 is 7.22. The Labute approximate surface area is 197 Å². The maximum Gasteiger partial charge on any atom is 0.344 e. The summed E-state index contributed by atoms with van der Waals surface area (Å²) in [5.41, 5.74) is 2.47. The van der Waals surface area contributed by atoms with Gasteiger partial charge in [0, 0.05) is 9.90 Å². The number of benzene rings is 1. The second-order valence-electron chi connectivity index (χ2n) is 8.26. The van der Waals surface area contributed by atoms with Gasteiger partial charge in [0.1, 0.15) is 16.8 Å². The SMILES string of the molecule is O=C(Cn1cnc2cc(-c3ccc(Cl)cc3)sc2c1=O)NN1C(=O)NC2(CCCCC2)C1=O.